The number of hydrogen-bond donors (Lipinski definition) is 1. The van der Waals surface area contributed by atoms with Crippen LogP contribution in [0.1, 0.15) is 17.6 Å². The van der Waals surface area contributed by atoms with Crippen LogP contribution in [0.4, 0.5) is 0 Å². The molecule has 0 aliphatic heterocycles. The second-order valence-electron chi connectivity index (χ2n) is 4.32. The van der Waals surface area contributed by atoms with Crippen LogP contribution in [-0.4, -0.2) is 24.4 Å². The topological polar surface area (TPSA) is 55.9 Å². The van der Waals surface area contributed by atoms with Crippen LogP contribution >= 0.6 is 0 Å². The summed E-state index contributed by atoms with van der Waals surface area (Å²) in [5.41, 5.74) is 1.54. The van der Waals surface area contributed by atoms with Gasteiger partial charge in [-0.2, -0.15) is 5.10 Å². The quantitative estimate of drug-likeness (QED) is 0.773. The number of nitrogens with zero attached hydrogens (tertiary/aromatic N) is 4. The predicted molar refractivity (Wildman–Crippen MR) is 70.8 cm³/mol. The molecule has 1 N–H and O–H groups in total. The van der Waals surface area contributed by atoms with E-state index in [4.69, 9.17) is 0 Å². The Bertz CT molecular complexity index is 672. The Morgan fingerprint density at radius 2 is 1.89 bits per heavy atom. The minimum Gasteiger partial charge on any atom is -0.379 e. The fraction of sp³-hybridized carbons (Fsp3) is 0.143. The highest BCUT2D eigenvalue weighted by molar-refractivity contribution is 5.31. The number of aromatic nitrogens is 4. The lowest BCUT2D eigenvalue weighted by Gasteiger charge is -2.07. The molecule has 3 aromatic rings. The van der Waals surface area contributed by atoms with Crippen LogP contribution in [0, 0.1) is 0 Å². The summed E-state index contributed by atoms with van der Waals surface area (Å²) in [6.45, 7) is 0. The van der Waals surface area contributed by atoms with Crippen molar-refractivity contribution in [2.45, 2.75) is 6.10 Å². The van der Waals surface area contributed by atoms with Crippen LogP contribution in [0.5, 0.6) is 0 Å². The van der Waals surface area contributed by atoms with E-state index in [-0.39, 0.29) is 0 Å². The van der Waals surface area contributed by atoms with Gasteiger partial charge in [0.25, 0.3) is 0 Å². The molecule has 5 heteroatoms. The summed E-state index contributed by atoms with van der Waals surface area (Å²) in [6, 6.07) is 11.6. The Labute approximate surface area is 110 Å². The van der Waals surface area contributed by atoms with E-state index in [0.29, 0.717) is 11.5 Å². The summed E-state index contributed by atoms with van der Waals surface area (Å²) in [4.78, 5) is 4.14. The Hall–Kier alpha value is -2.40. The maximum atomic E-state index is 10.3. The van der Waals surface area contributed by atoms with Gasteiger partial charge in [0.15, 0.2) is 6.10 Å². The van der Waals surface area contributed by atoms with Crippen LogP contribution in [0.15, 0.2) is 55.0 Å². The average Bonchev–Trinajstić information content (AvgIpc) is 3.08. The Morgan fingerprint density at radius 1 is 1.11 bits per heavy atom. The van der Waals surface area contributed by atoms with Gasteiger partial charge in [-0.3, -0.25) is 0 Å². The van der Waals surface area contributed by atoms with Crippen LogP contribution in [0.3, 0.4) is 0 Å². The van der Waals surface area contributed by atoms with Crippen LogP contribution < -0.4 is 0 Å². The highest BCUT2D eigenvalue weighted by Crippen LogP contribution is 2.19. The summed E-state index contributed by atoms with van der Waals surface area (Å²) in [7, 11) is 1.85. The third kappa shape index (κ3) is 2.15. The average molecular weight is 254 g/mol. The highest BCUT2D eigenvalue weighted by Gasteiger charge is 2.17. The smallest absolute Gasteiger partial charge is 0.155 e. The Kier molecular flexibility index (Phi) is 2.89. The molecule has 19 heavy (non-hydrogen) atoms. The molecule has 2 aromatic heterocycles. The Balaban J connectivity index is 1.92. The largest absolute Gasteiger partial charge is 0.379 e. The van der Waals surface area contributed by atoms with Crippen molar-refractivity contribution in [1.29, 1.82) is 0 Å². The highest BCUT2D eigenvalue weighted by atomic mass is 16.3. The molecular formula is C14H14N4O. The van der Waals surface area contributed by atoms with Crippen molar-refractivity contribution in [2.24, 2.45) is 7.05 Å². The summed E-state index contributed by atoms with van der Waals surface area (Å²) in [5, 5.41) is 14.7. The molecule has 0 radical (unpaired) electrons. The van der Waals surface area contributed by atoms with E-state index < -0.39 is 6.10 Å². The fourth-order valence-corrected chi connectivity index (χ4v) is 1.98. The second-order valence-corrected chi connectivity index (χ2v) is 4.32. The lowest BCUT2D eigenvalue weighted by molar-refractivity contribution is 0.201. The van der Waals surface area contributed by atoms with Crippen molar-refractivity contribution in [3.63, 3.8) is 0 Å². The SMILES string of the molecule is Cn1ccnc1C(O)c1ccn(-c2ccccc2)n1. The van der Waals surface area contributed by atoms with Gasteiger partial charge in [0, 0.05) is 25.6 Å². The molecule has 1 aromatic carbocycles. The van der Waals surface area contributed by atoms with Gasteiger partial charge in [-0.15, -0.1) is 0 Å². The molecule has 1 atom stereocenters. The molecule has 96 valence electrons. The number of aliphatic hydroxyl groups excluding tert-OH is 1. The molecule has 5 nitrogen and oxygen atoms in total. The van der Waals surface area contributed by atoms with Gasteiger partial charge < -0.3 is 9.67 Å². The molecular weight excluding hydrogens is 240 g/mol. The number of benzene rings is 1. The van der Waals surface area contributed by atoms with Crippen molar-refractivity contribution in [1.82, 2.24) is 19.3 Å². The van der Waals surface area contributed by atoms with Gasteiger partial charge in [-0.05, 0) is 18.2 Å². The summed E-state index contributed by atoms with van der Waals surface area (Å²) in [6.07, 6.45) is 4.47. The first-order chi connectivity index (χ1) is 9.25. The van der Waals surface area contributed by atoms with Gasteiger partial charge in [0.1, 0.15) is 5.82 Å². The van der Waals surface area contributed by atoms with Crippen molar-refractivity contribution in [2.75, 3.05) is 0 Å². The van der Waals surface area contributed by atoms with E-state index in [0.717, 1.165) is 5.69 Å². The third-order valence-electron chi connectivity index (χ3n) is 3.01. The molecule has 0 aliphatic rings. The summed E-state index contributed by atoms with van der Waals surface area (Å²) in [5.74, 6) is 0.582. The van der Waals surface area contributed by atoms with Crippen LogP contribution in [0.25, 0.3) is 5.69 Å². The molecule has 1 unspecified atom stereocenters. The summed E-state index contributed by atoms with van der Waals surface area (Å²) < 4.78 is 3.52. The van der Waals surface area contributed by atoms with Crippen LogP contribution in [-0.2, 0) is 7.05 Å². The molecule has 2 heterocycles. The molecule has 0 saturated carbocycles. The molecule has 0 spiro atoms. The predicted octanol–water partition coefficient (Wildman–Crippen LogP) is 1.69. The molecule has 3 rings (SSSR count). The summed E-state index contributed by atoms with van der Waals surface area (Å²) >= 11 is 0. The number of para-hydroxylation sites is 1. The van der Waals surface area contributed by atoms with E-state index in [1.807, 2.05) is 43.6 Å². The molecule has 0 bridgehead atoms. The number of aliphatic hydroxyl groups is 1. The lowest BCUT2D eigenvalue weighted by atomic mass is 10.2. The van der Waals surface area contributed by atoms with E-state index in [9.17, 15) is 5.11 Å². The van der Waals surface area contributed by atoms with E-state index >= 15 is 0 Å². The standard InChI is InChI=1S/C14H14N4O/c1-17-10-8-15-14(17)13(19)12-7-9-18(16-12)11-5-3-2-4-6-11/h2-10,13,19H,1H3. The lowest BCUT2D eigenvalue weighted by Crippen LogP contribution is -2.08. The Morgan fingerprint density at radius 3 is 2.58 bits per heavy atom. The maximum Gasteiger partial charge on any atom is 0.155 e. The minimum absolute atomic E-state index is 0.582. The number of rotatable bonds is 3. The first-order valence-corrected chi connectivity index (χ1v) is 6.02. The molecule has 0 saturated heterocycles. The van der Waals surface area contributed by atoms with Crippen molar-refractivity contribution < 1.29 is 5.11 Å². The normalized spacial score (nSPS) is 12.5. The monoisotopic (exact) mass is 254 g/mol. The third-order valence-corrected chi connectivity index (χ3v) is 3.01. The van der Waals surface area contributed by atoms with E-state index in [1.54, 1.807) is 27.7 Å². The molecule has 0 aliphatic carbocycles. The van der Waals surface area contributed by atoms with Crippen molar-refractivity contribution in [3.05, 3.63) is 66.5 Å². The van der Waals surface area contributed by atoms with Gasteiger partial charge >= 0.3 is 0 Å². The van der Waals surface area contributed by atoms with E-state index in [1.165, 1.54) is 0 Å². The zero-order valence-corrected chi connectivity index (χ0v) is 10.5. The maximum absolute atomic E-state index is 10.3. The number of aryl methyl sites for hydroxylation is 1. The molecule has 0 amide bonds. The first-order valence-electron chi connectivity index (χ1n) is 6.02. The number of imidazole rings is 1. The zero-order chi connectivity index (χ0) is 13.2. The van der Waals surface area contributed by atoms with Gasteiger partial charge in [0.05, 0.1) is 11.4 Å². The van der Waals surface area contributed by atoms with Gasteiger partial charge in [-0.25, -0.2) is 9.67 Å². The van der Waals surface area contributed by atoms with Gasteiger partial charge in [-0.1, -0.05) is 18.2 Å². The van der Waals surface area contributed by atoms with Crippen molar-refractivity contribution in [3.8, 4) is 5.69 Å². The molecule has 0 fully saturated rings. The zero-order valence-electron chi connectivity index (χ0n) is 10.5. The number of hydrogen-bond acceptors (Lipinski definition) is 3. The fourth-order valence-electron chi connectivity index (χ4n) is 1.98. The second kappa shape index (κ2) is 4.70. The van der Waals surface area contributed by atoms with E-state index in [2.05, 4.69) is 10.1 Å². The first kappa shape index (κ1) is 11.7. The minimum atomic E-state index is -0.815. The van der Waals surface area contributed by atoms with Crippen LogP contribution in [0.2, 0.25) is 0 Å². The van der Waals surface area contributed by atoms with Gasteiger partial charge in [0.2, 0.25) is 0 Å². The van der Waals surface area contributed by atoms with Crippen molar-refractivity contribution >= 4 is 0 Å².